The zero-order chi connectivity index (χ0) is 13.5. The summed E-state index contributed by atoms with van der Waals surface area (Å²) in [6.07, 6.45) is 7.11. The van der Waals surface area contributed by atoms with E-state index in [4.69, 9.17) is 4.42 Å². The molecule has 0 aliphatic carbocycles. The van der Waals surface area contributed by atoms with E-state index in [2.05, 4.69) is 30.1 Å². The topological polar surface area (TPSA) is 28.4 Å². The summed E-state index contributed by atoms with van der Waals surface area (Å²) in [5.74, 6) is 2.00. The van der Waals surface area contributed by atoms with Crippen LogP contribution in [0.2, 0.25) is 0 Å². The Morgan fingerprint density at radius 2 is 2.26 bits per heavy atom. The van der Waals surface area contributed by atoms with Crippen LogP contribution in [0.15, 0.2) is 16.7 Å². The van der Waals surface area contributed by atoms with Gasteiger partial charge in [0.05, 0.1) is 12.8 Å². The van der Waals surface area contributed by atoms with E-state index in [1.807, 2.05) is 6.26 Å². The monoisotopic (exact) mass is 264 g/mol. The lowest BCUT2D eigenvalue weighted by atomic mass is 10.0. The molecule has 3 heteroatoms. The second-order valence-corrected chi connectivity index (χ2v) is 5.91. The van der Waals surface area contributed by atoms with Gasteiger partial charge in [0.15, 0.2) is 0 Å². The molecule has 1 unspecified atom stereocenters. The van der Waals surface area contributed by atoms with Crippen LogP contribution < -0.4 is 5.32 Å². The summed E-state index contributed by atoms with van der Waals surface area (Å²) in [5, 5.41) is 3.41. The van der Waals surface area contributed by atoms with Crippen molar-refractivity contribution >= 4 is 0 Å². The number of hydrogen-bond acceptors (Lipinski definition) is 3. The smallest absolute Gasteiger partial charge is 0.118 e. The molecule has 0 radical (unpaired) electrons. The molecule has 0 bridgehead atoms. The van der Waals surface area contributed by atoms with Crippen LogP contribution in [0.1, 0.15) is 50.9 Å². The molecule has 0 amide bonds. The van der Waals surface area contributed by atoms with E-state index < -0.39 is 0 Å². The molecule has 108 valence electrons. The lowest BCUT2D eigenvalue weighted by Gasteiger charge is -2.18. The number of nitrogens with one attached hydrogen (secondary N) is 1. The number of furan rings is 1. The highest BCUT2D eigenvalue weighted by molar-refractivity contribution is 5.12. The minimum absolute atomic E-state index is 0.885. The minimum Gasteiger partial charge on any atom is -0.468 e. The van der Waals surface area contributed by atoms with Gasteiger partial charge < -0.3 is 9.73 Å². The highest BCUT2D eigenvalue weighted by Gasteiger charge is 2.15. The first-order valence-electron chi connectivity index (χ1n) is 7.77. The van der Waals surface area contributed by atoms with Crippen LogP contribution >= 0.6 is 0 Å². The van der Waals surface area contributed by atoms with Gasteiger partial charge in [0.1, 0.15) is 5.76 Å². The lowest BCUT2D eigenvalue weighted by molar-refractivity contribution is 0.250. The van der Waals surface area contributed by atoms with E-state index in [9.17, 15) is 0 Å². The molecule has 1 aliphatic rings. The van der Waals surface area contributed by atoms with Crippen molar-refractivity contribution < 1.29 is 4.42 Å². The molecule has 2 rings (SSSR count). The van der Waals surface area contributed by atoms with Gasteiger partial charge in [0, 0.05) is 12.1 Å². The summed E-state index contributed by atoms with van der Waals surface area (Å²) in [4.78, 5) is 2.53. The number of hydrogen-bond donors (Lipinski definition) is 1. The molecular formula is C16H28N2O. The van der Waals surface area contributed by atoms with Gasteiger partial charge in [0.25, 0.3) is 0 Å². The van der Waals surface area contributed by atoms with Gasteiger partial charge in [-0.3, -0.25) is 4.90 Å². The van der Waals surface area contributed by atoms with Crippen LogP contribution in [0.3, 0.4) is 0 Å². The summed E-state index contributed by atoms with van der Waals surface area (Å²) in [7, 11) is 0. The summed E-state index contributed by atoms with van der Waals surface area (Å²) in [6.45, 7) is 9.96. The average Bonchev–Trinajstić information content (AvgIpc) is 2.73. The molecule has 2 heterocycles. The Labute approximate surface area is 117 Å². The molecule has 3 nitrogen and oxygen atoms in total. The van der Waals surface area contributed by atoms with E-state index in [1.165, 1.54) is 44.3 Å². The normalized spacial score (nSPS) is 21.5. The molecule has 19 heavy (non-hydrogen) atoms. The predicted octanol–water partition coefficient (Wildman–Crippen LogP) is 3.40. The van der Waals surface area contributed by atoms with Crippen LogP contribution in [-0.2, 0) is 13.1 Å². The van der Waals surface area contributed by atoms with E-state index in [1.54, 1.807) is 0 Å². The molecule has 1 N–H and O–H groups in total. The molecule has 1 saturated heterocycles. The standard InChI is InChI=1S/C16H28N2O/c1-3-7-17-11-15-10-16(19-13-15)12-18-8-4-5-14(2)6-9-18/h10,13-14,17H,3-9,11-12H2,1-2H3. The fraction of sp³-hybridized carbons (Fsp3) is 0.750. The van der Waals surface area contributed by atoms with Gasteiger partial charge in [-0.25, -0.2) is 0 Å². The third-order valence-corrected chi connectivity index (χ3v) is 3.95. The maximum atomic E-state index is 5.68. The summed E-state index contributed by atoms with van der Waals surface area (Å²) < 4.78 is 5.68. The minimum atomic E-state index is 0.885. The Kier molecular flexibility index (Phi) is 5.93. The Morgan fingerprint density at radius 1 is 1.37 bits per heavy atom. The fourth-order valence-corrected chi connectivity index (χ4v) is 2.71. The second-order valence-electron chi connectivity index (χ2n) is 5.91. The molecule has 1 aliphatic heterocycles. The van der Waals surface area contributed by atoms with Crippen molar-refractivity contribution in [3.63, 3.8) is 0 Å². The maximum absolute atomic E-state index is 5.68. The quantitative estimate of drug-likeness (QED) is 0.798. The largest absolute Gasteiger partial charge is 0.468 e. The third-order valence-electron chi connectivity index (χ3n) is 3.95. The van der Waals surface area contributed by atoms with E-state index in [0.717, 1.165) is 31.3 Å². The van der Waals surface area contributed by atoms with Gasteiger partial charge >= 0.3 is 0 Å². The van der Waals surface area contributed by atoms with Crippen molar-refractivity contribution in [3.8, 4) is 0 Å². The molecule has 1 aromatic rings. The number of likely N-dealkylation sites (tertiary alicyclic amines) is 1. The number of nitrogens with zero attached hydrogens (tertiary/aromatic N) is 1. The highest BCUT2D eigenvalue weighted by atomic mass is 16.3. The van der Waals surface area contributed by atoms with Crippen LogP contribution in [0.4, 0.5) is 0 Å². The Morgan fingerprint density at radius 3 is 3.11 bits per heavy atom. The first-order chi connectivity index (χ1) is 9.28. The van der Waals surface area contributed by atoms with Crippen molar-refractivity contribution in [2.45, 2.75) is 52.6 Å². The summed E-state index contributed by atoms with van der Waals surface area (Å²) in [6, 6.07) is 2.21. The molecule has 0 aromatic carbocycles. The Bertz CT molecular complexity index is 361. The number of rotatable bonds is 6. The van der Waals surface area contributed by atoms with Crippen LogP contribution in [0.5, 0.6) is 0 Å². The van der Waals surface area contributed by atoms with E-state index in [-0.39, 0.29) is 0 Å². The summed E-state index contributed by atoms with van der Waals surface area (Å²) >= 11 is 0. The van der Waals surface area contributed by atoms with Gasteiger partial charge in [-0.1, -0.05) is 13.8 Å². The van der Waals surface area contributed by atoms with Crippen molar-refractivity contribution in [2.75, 3.05) is 19.6 Å². The van der Waals surface area contributed by atoms with Gasteiger partial charge in [-0.05, 0) is 57.3 Å². The SMILES string of the molecule is CCCNCc1coc(CN2CCCC(C)CC2)c1. The lowest BCUT2D eigenvalue weighted by Crippen LogP contribution is -2.23. The van der Waals surface area contributed by atoms with Crippen molar-refractivity contribution in [1.29, 1.82) is 0 Å². The molecule has 1 atom stereocenters. The highest BCUT2D eigenvalue weighted by Crippen LogP contribution is 2.19. The van der Waals surface area contributed by atoms with Gasteiger partial charge in [-0.2, -0.15) is 0 Å². The van der Waals surface area contributed by atoms with Gasteiger partial charge in [0.2, 0.25) is 0 Å². The molecule has 1 aromatic heterocycles. The molecule has 0 saturated carbocycles. The fourth-order valence-electron chi connectivity index (χ4n) is 2.71. The van der Waals surface area contributed by atoms with Crippen LogP contribution in [0, 0.1) is 5.92 Å². The Hall–Kier alpha value is -0.800. The van der Waals surface area contributed by atoms with Crippen molar-refractivity contribution in [2.24, 2.45) is 5.92 Å². The van der Waals surface area contributed by atoms with Gasteiger partial charge in [-0.15, -0.1) is 0 Å². The second kappa shape index (κ2) is 7.71. The van der Waals surface area contributed by atoms with Crippen molar-refractivity contribution in [1.82, 2.24) is 10.2 Å². The van der Waals surface area contributed by atoms with Crippen LogP contribution in [0.25, 0.3) is 0 Å². The van der Waals surface area contributed by atoms with E-state index in [0.29, 0.717) is 0 Å². The first kappa shape index (κ1) is 14.6. The average molecular weight is 264 g/mol. The zero-order valence-electron chi connectivity index (χ0n) is 12.5. The van der Waals surface area contributed by atoms with Crippen molar-refractivity contribution in [3.05, 3.63) is 23.7 Å². The van der Waals surface area contributed by atoms with E-state index >= 15 is 0 Å². The Balaban J connectivity index is 1.78. The predicted molar refractivity (Wildman–Crippen MR) is 79.0 cm³/mol. The maximum Gasteiger partial charge on any atom is 0.118 e. The summed E-state index contributed by atoms with van der Waals surface area (Å²) in [5.41, 5.74) is 1.27. The zero-order valence-corrected chi connectivity index (χ0v) is 12.5. The third kappa shape index (κ3) is 5.00. The molecule has 0 spiro atoms. The van der Waals surface area contributed by atoms with Crippen LogP contribution in [-0.4, -0.2) is 24.5 Å². The molecular weight excluding hydrogens is 236 g/mol. The molecule has 1 fully saturated rings. The first-order valence-corrected chi connectivity index (χ1v) is 7.77.